The SMILES string of the molecule is CCCNc1ncc(C)c(NC2CCCC2(C)C)n1. The predicted octanol–water partition coefficient (Wildman–Crippen LogP) is 3.60. The summed E-state index contributed by atoms with van der Waals surface area (Å²) in [6.07, 6.45) is 6.80. The monoisotopic (exact) mass is 262 g/mol. The first-order valence-electron chi connectivity index (χ1n) is 7.37. The highest BCUT2D eigenvalue weighted by Crippen LogP contribution is 2.39. The zero-order chi connectivity index (χ0) is 13.9. The van der Waals surface area contributed by atoms with Gasteiger partial charge in [0.15, 0.2) is 0 Å². The van der Waals surface area contributed by atoms with Crippen molar-refractivity contribution < 1.29 is 0 Å². The standard InChI is InChI=1S/C15H26N4/c1-5-9-16-14-17-10-11(2)13(19-14)18-12-7-6-8-15(12,3)4/h10,12H,5-9H2,1-4H3,(H2,16,17,18,19). The molecule has 19 heavy (non-hydrogen) atoms. The van der Waals surface area contributed by atoms with Crippen LogP contribution in [-0.2, 0) is 0 Å². The van der Waals surface area contributed by atoms with E-state index in [2.05, 4.69) is 48.3 Å². The number of hydrogen-bond donors (Lipinski definition) is 2. The minimum absolute atomic E-state index is 0.356. The van der Waals surface area contributed by atoms with E-state index in [9.17, 15) is 0 Å². The van der Waals surface area contributed by atoms with Crippen molar-refractivity contribution in [1.82, 2.24) is 9.97 Å². The van der Waals surface area contributed by atoms with E-state index in [4.69, 9.17) is 0 Å². The van der Waals surface area contributed by atoms with E-state index in [0.717, 1.165) is 30.3 Å². The second-order valence-corrected chi connectivity index (χ2v) is 6.23. The van der Waals surface area contributed by atoms with Crippen molar-refractivity contribution in [3.05, 3.63) is 11.8 Å². The highest BCUT2D eigenvalue weighted by Gasteiger charge is 2.34. The predicted molar refractivity (Wildman–Crippen MR) is 80.6 cm³/mol. The average Bonchev–Trinajstić information content (AvgIpc) is 2.70. The fraction of sp³-hybridized carbons (Fsp3) is 0.733. The highest BCUT2D eigenvalue weighted by molar-refractivity contribution is 5.47. The Labute approximate surface area is 116 Å². The van der Waals surface area contributed by atoms with Gasteiger partial charge in [0.1, 0.15) is 5.82 Å². The first-order valence-corrected chi connectivity index (χ1v) is 7.37. The van der Waals surface area contributed by atoms with E-state index >= 15 is 0 Å². The second-order valence-electron chi connectivity index (χ2n) is 6.23. The zero-order valence-electron chi connectivity index (χ0n) is 12.6. The lowest BCUT2D eigenvalue weighted by atomic mass is 9.87. The minimum atomic E-state index is 0.356. The van der Waals surface area contributed by atoms with Gasteiger partial charge in [-0.1, -0.05) is 27.2 Å². The van der Waals surface area contributed by atoms with Gasteiger partial charge in [0.05, 0.1) is 0 Å². The Kier molecular flexibility index (Phi) is 4.27. The van der Waals surface area contributed by atoms with Crippen LogP contribution in [0.25, 0.3) is 0 Å². The van der Waals surface area contributed by atoms with Gasteiger partial charge < -0.3 is 10.6 Å². The molecule has 0 spiro atoms. The van der Waals surface area contributed by atoms with Crippen LogP contribution in [0, 0.1) is 12.3 Å². The summed E-state index contributed by atoms with van der Waals surface area (Å²) in [5.41, 5.74) is 1.47. The van der Waals surface area contributed by atoms with Crippen LogP contribution in [0.4, 0.5) is 11.8 Å². The van der Waals surface area contributed by atoms with Gasteiger partial charge in [-0.3, -0.25) is 0 Å². The summed E-state index contributed by atoms with van der Waals surface area (Å²) in [5.74, 6) is 1.71. The van der Waals surface area contributed by atoms with Crippen molar-refractivity contribution in [2.24, 2.45) is 5.41 Å². The molecule has 0 radical (unpaired) electrons. The largest absolute Gasteiger partial charge is 0.366 e. The molecule has 0 aromatic carbocycles. The maximum Gasteiger partial charge on any atom is 0.224 e. The van der Waals surface area contributed by atoms with Gasteiger partial charge in [0, 0.05) is 24.3 Å². The number of aromatic nitrogens is 2. The van der Waals surface area contributed by atoms with Crippen molar-refractivity contribution in [3.63, 3.8) is 0 Å². The highest BCUT2D eigenvalue weighted by atomic mass is 15.1. The molecule has 0 saturated heterocycles. The molecule has 2 N–H and O–H groups in total. The first kappa shape index (κ1) is 14.1. The third kappa shape index (κ3) is 3.37. The topological polar surface area (TPSA) is 49.8 Å². The quantitative estimate of drug-likeness (QED) is 0.851. The number of nitrogens with zero attached hydrogens (tertiary/aromatic N) is 2. The lowest BCUT2D eigenvalue weighted by Crippen LogP contribution is -2.31. The summed E-state index contributed by atoms with van der Waals surface area (Å²) < 4.78 is 0. The molecule has 106 valence electrons. The van der Waals surface area contributed by atoms with Crippen LogP contribution in [0.1, 0.15) is 52.0 Å². The maximum atomic E-state index is 4.61. The molecule has 1 unspecified atom stereocenters. The van der Waals surface area contributed by atoms with Gasteiger partial charge in [-0.2, -0.15) is 4.98 Å². The molecule has 1 aliphatic rings. The van der Waals surface area contributed by atoms with Gasteiger partial charge in [0.2, 0.25) is 5.95 Å². The summed E-state index contributed by atoms with van der Waals surface area (Å²) >= 11 is 0. The molecular formula is C15H26N4. The third-order valence-electron chi connectivity index (χ3n) is 4.07. The smallest absolute Gasteiger partial charge is 0.224 e. The van der Waals surface area contributed by atoms with Gasteiger partial charge in [-0.05, 0) is 31.6 Å². The molecule has 1 atom stereocenters. The lowest BCUT2D eigenvalue weighted by molar-refractivity contribution is 0.349. The van der Waals surface area contributed by atoms with Crippen LogP contribution < -0.4 is 10.6 Å². The van der Waals surface area contributed by atoms with Crippen molar-refractivity contribution in [1.29, 1.82) is 0 Å². The van der Waals surface area contributed by atoms with Crippen LogP contribution in [0.3, 0.4) is 0 Å². The van der Waals surface area contributed by atoms with E-state index in [1.54, 1.807) is 0 Å². The van der Waals surface area contributed by atoms with E-state index in [1.807, 2.05) is 6.20 Å². The Morgan fingerprint density at radius 2 is 2.21 bits per heavy atom. The van der Waals surface area contributed by atoms with Crippen LogP contribution >= 0.6 is 0 Å². The molecule has 4 heteroatoms. The summed E-state index contributed by atoms with van der Waals surface area (Å²) in [5, 5.41) is 6.87. The molecular weight excluding hydrogens is 236 g/mol. The van der Waals surface area contributed by atoms with Gasteiger partial charge in [-0.25, -0.2) is 4.98 Å². The summed E-state index contributed by atoms with van der Waals surface area (Å²) in [6, 6.07) is 0.514. The minimum Gasteiger partial charge on any atom is -0.366 e. The Bertz CT molecular complexity index is 428. The first-order chi connectivity index (χ1) is 9.03. The second kappa shape index (κ2) is 5.76. The molecule has 1 fully saturated rings. The molecule has 1 saturated carbocycles. The van der Waals surface area contributed by atoms with Gasteiger partial charge >= 0.3 is 0 Å². The Hall–Kier alpha value is -1.32. The fourth-order valence-corrected chi connectivity index (χ4v) is 2.67. The molecule has 1 aromatic heterocycles. The third-order valence-corrected chi connectivity index (χ3v) is 4.07. The van der Waals surface area contributed by atoms with Crippen molar-refractivity contribution in [2.75, 3.05) is 17.2 Å². The van der Waals surface area contributed by atoms with Crippen molar-refractivity contribution in [3.8, 4) is 0 Å². The average molecular weight is 262 g/mol. The summed E-state index contributed by atoms with van der Waals surface area (Å²) in [6.45, 7) is 9.79. The van der Waals surface area contributed by atoms with E-state index in [1.165, 1.54) is 19.3 Å². The van der Waals surface area contributed by atoms with Crippen molar-refractivity contribution in [2.45, 2.75) is 59.4 Å². The van der Waals surface area contributed by atoms with Crippen LogP contribution in [0.5, 0.6) is 0 Å². The number of nitrogens with one attached hydrogen (secondary N) is 2. The van der Waals surface area contributed by atoms with Crippen molar-refractivity contribution >= 4 is 11.8 Å². The maximum absolute atomic E-state index is 4.61. The Morgan fingerprint density at radius 3 is 2.84 bits per heavy atom. The van der Waals surface area contributed by atoms with Gasteiger partial charge in [-0.15, -0.1) is 0 Å². The number of hydrogen-bond acceptors (Lipinski definition) is 4. The molecule has 1 aliphatic carbocycles. The molecule has 2 rings (SSSR count). The van der Waals surface area contributed by atoms with Crippen LogP contribution in [-0.4, -0.2) is 22.6 Å². The fourth-order valence-electron chi connectivity index (χ4n) is 2.67. The number of anilines is 2. The van der Waals surface area contributed by atoms with Crippen LogP contribution in [0.15, 0.2) is 6.20 Å². The summed E-state index contributed by atoms with van der Waals surface area (Å²) in [4.78, 5) is 8.93. The van der Waals surface area contributed by atoms with Gasteiger partial charge in [0.25, 0.3) is 0 Å². The Morgan fingerprint density at radius 1 is 1.42 bits per heavy atom. The van der Waals surface area contributed by atoms with E-state index in [0.29, 0.717) is 11.5 Å². The number of rotatable bonds is 5. The molecule has 0 amide bonds. The normalized spacial score (nSPS) is 21.4. The van der Waals surface area contributed by atoms with E-state index in [-0.39, 0.29) is 0 Å². The van der Waals surface area contributed by atoms with Crippen LogP contribution in [0.2, 0.25) is 0 Å². The summed E-state index contributed by atoms with van der Waals surface area (Å²) in [7, 11) is 0. The Balaban J connectivity index is 2.10. The lowest BCUT2D eigenvalue weighted by Gasteiger charge is -2.28. The zero-order valence-corrected chi connectivity index (χ0v) is 12.6. The number of aryl methyl sites for hydroxylation is 1. The molecule has 1 aromatic rings. The molecule has 0 aliphatic heterocycles. The van der Waals surface area contributed by atoms with E-state index < -0.39 is 0 Å². The molecule has 4 nitrogen and oxygen atoms in total. The molecule has 1 heterocycles. The molecule has 0 bridgehead atoms.